The number of benzene rings is 5. The van der Waals surface area contributed by atoms with Crippen molar-refractivity contribution in [3.63, 3.8) is 0 Å². The van der Waals surface area contributed by atoms with Crippen molar-refractivity contribution in [1.29, 1.82) is 0 Å². The smallest absolute Gasteiger partial charge is 0.164 e. The molecule has 47 heavy (non-hydrogen) atoms. The SMILES string of the molecule is CCC1(C)c2cc3c(cc2-c2ccnc(-c4cccc(-c5nc(-c6ccccc6)nc(-c6ccccc6)n5)c4)c21)oc1ccccc13. The molecule has 1 aliphatic rings. The van der Waals surface area contributed by atoms with Crippen LogP contribution in [-0.4, -0.2) is 19.9 Å². The molecule has 0 N–H and O–H groups in total. The highest BCUT2D eigenvalue weighted by Gasteiger charge is 2.41. The predicted octanol–water partition coefficient (Wildman–Crippen LogP) is 10.5. The molecule has 5 heteroatoms. The third-order valence-corrected chi connectivity index (χ3v) is 9.70. The van der Waals surface area contributed by atoms with E-state index in [2.05, 4.69) is 68.4 Å². The van der Waals surface area contributed by atoms with Gasteiger partial charge < -0.3 is 4.42 Å². The standard InChI is InChI=1S/C42H30N4O/c1-3-42(2)34-24-33-30-19-10-11-20-35(30)47-36(33)25-32(34)31-21-22-43-38(37(31)42)28-17-12-18-29(23-28)41-45-39(26-13-6-4-7-14-26)44-40(46-41)27-15-8-5-9-16-27/h4-25H,3H2,1-2H3. The van der Waals surface area contributed by atoms with Crippen molar-refractivity contribution in [3.8, 4) is 56.5 Å². The highest BCUT2D eigenvalue weighted by molar-refractivity contribution is 6.07. The zero-order valence-corrected chi connectivity index (χ0v) is 26.1. The minimum Gasteiger partial charge on any atom is -0.456 e. The zero-order valence-electron chi connectivity index (χ0n) is 26.1. The number of nitrogens with zero attached hydrogens (tertiary/aromatic N) is 4. The van der Waals surface area contributed by atoms with E-state index in [0.717, 1.165) is 56.3 Å². The number of para-hydroxylation sites is 1. The Morgan fingerprint density at radius 2 is 1.17 bits per heavy atom. The first kappa shape index (κ1) is 27.4. The van der Waals surface area contributed by atoms with Crippen LogP contribution in [0, 0.1) is 0 Å². The summed E-state index contributed by atoms with van der Waals surface area (Å²) in [5.41, 5.74) is 11.4. The maximum atomic E-state index is 6.32. The first-order valence-electron chi connectivity index (χ1n) is 16.0. The Balaban J connectivity index is 1.21. The molecule has 0 spiro atoms. The molecule has 0 saturated heterocycles. The van der Waals surface area contributed by atoms with Gasteiger partial charge in [0, 0.05) is 44.6 Å². The molecule has 0 amide bonds. The molecule has 1 unspecified atom stereocenters. The Kier molecular flexibility index (Phi) is 6.15. The number of furan rings is 1. The molecule has 224 valence electrons. The Hall–Kier alpha value is -5.94. The van der Waals surface area contributed by atoms with Crippen molar-refractivity contribution < 1.29 is 4.42 Å². The normalized spacial score (nSPS) is 15.2. The maximum absolute atomic E-state index is 6.32. The molecular weight excluding hydrogens is 576 g/mol. The third kappa shape index (κ3) is 4.31. The number of aromatic nitrogens is 4. The summed E-state index contributed by atoms with van der Waals surface area (Å²) in [6, 6.07) is 43.6. The minimum absolute atomic E-state index is 0.231. The summed E-state index contributed by atoms with van der Waals surface area (Å²) in [6.45, 7) is 4.62. The van der Waals surface area contributed by atoms with Gasteiger partial charge in [-0.1, -0.05) is 111 Å². The molecule has 9 rings (SSSR count). The predicted molar refractivity (Wildman–Crippen MR) is 189 cm³/mol. The van der Waals surface area contributed by atoms with Crippen molar-refractivity contribution in [1.82, 2.24) is 19.9 Å². The summed E-state index contributed by atoms with van der Waals surface area (Å²) >= 11 is 0. The van der Waals surface area contributed by atoms with E-state index in [0.29, 0.717) is 17.5 Å². The van der Waals surface area contributed by atoms with Crippen LogP contribution in [0.15, 0.2) is 138 Å². The molecule has 1 atom stereocenters. The lowest BCUT2D eigenvalue weighted by Crippen LogP contribution is -2.20. The lowest BCUT2D eigenvalue weighted by atomic mass is 9.76. The average Bonchev–Trinajstić information content (AvgIpc) is 3.63. The van der Waals surface area contributed by atoms with Crippen LogP contribution in [-0.2, 0) is 5.41 Å². The molecule has 0 bridgehead atoms. The second-order valence-electron chi connectivity index (χ2n) is 12.4. The molecule has 0 aliphatic heterocycles. The number of hydrogen-bond donors (Lipinski definition) is 0. The summed E-state index contributed by atoms with van der Waals surface area (Å²) in [6.07, 6.45) is 2.86. The number of pyridine rings is 1. The molecule has 3 aromatic heterocycles. The van der Waals surface area contributed by atoms with Crippen molar-refractivity contribution in [2.45, 2.75) is 25.7 Å². The summed E-state index contributed by atoms with van der Waals surface area (Å²) in [7, 11) is 0. The van der Waals surface area contributed by atoms with Gasteiger partial charge >= 0.3 is 0 Å². The van der Waals surface area contributed by atoms with E-state index in [9.17, 15) is 0 Å². The Bertz CT molecular complexity index is 2410. The van der Waals surface area contributed by atoms with Crippen LogP contribution in [0.5, 0.6) is 0 Å². The lowest BCUT2D eigenvalue weighted by Gasteiger charge is -2.27. The van der Waals surface area contributed by atoms with Crippen LogP contribution in [0.2, 0.25) is 0 Å². The average molecular weight is 607 g/mol. The van der Waals surface area contributed by atoms with Crippen molar-refractivity contribution in [3.05, 3.63) is 145 Å². The summed E-state index contributed by atoms with van der Waals surface area (Å²) in [4.78, 5) is 19.9. The van der Waals surface area contributed by atoms with E-state index >= 15 is 0 Å². The summed E-state index contributed by atoms with van der Waals surface area (Å²) < 4.78 is 6.32. The van der Waals surface area contributed by atoms with Crippen LogP contribution >= 0.6 is 0 Å². The van der Waals surface area contributed by atoms with Crippen LogP contribution in [0.3, 0.4) is 0 Å². The van der Waals surface area contributed by atoms with Crippen molar-refractivity contribution in [2.24, 2.45) is 0 Å². The fraction of sp³-hybridized carbons (Fsp3) is 0.0952. The van der Waals surface area contributed by atoms with Gasteiger partial charge in [0.2, 0.25) is 0 Å². The fourth-order valence-electron chi connectivity index (χ4n) is 7.16. The van der Waals surface area contributed by atoms with E-state index in [1.165, 1.54) is 22.3 Å². The van der Waals surface area contributed by atoms with Gasteiger partial charge in [0.1, 0.15) is 11.2 Å². The van der Waals surface area contributed by atoms with Crippen molar-refractivity contribution in [2.75, 3.05) is 0 Å². The zero-order chi connectivity index (χ0) is 31.5. The lowest BCUT2D eigenvalue weighted by molar-refractivity contribution is 0.564. The van der Waals surface area contributed by atoms with Gasteiger partial charge in [0.05, 0.1) is 5.69 Å². The molecule has 0 fully saturated rings. The van der Waals surface area contributed by atoms with Gasteiger partial charge in [-0.15, -0.1) is 0 Å². The van der Waals surface area contributed by atoms with Crippen LogP contribution < -0.4 is 0 Å². The third-order valence-electron chi connectivity index (χ3n) is 9.70. The Morgan fingerprint density at radius 3 is 1.87 bits per heavy atom. The highest BCUT2D eigenvalue weighted by Crippen LogP contribution is 2.54. The number of hydrogen-bond acceptors (Lipinski definition) is 5. The number of rotatable bonds is 5. The highest BCUT2D eigenvalue weighted by atomic mass is 16.3. The maximum Gasteiger partial charge on any atom is 0.164 e. The second-order valence-corrected chi connectivity index (χ2v) is 12.4. The van der Waals surface area contributed by atoms with E-state index < -0.39 is 0 Å². The second kappa shape index (κ2) is 10.6. The molecule has 5 nitrogen and oxygen atoms in total. The molecule has 0 saturated carbocycles. The van der Waals surface area contributed by atoms with E-state index in [4.69, 9.17) is 24.4 Å². The van der Waals surface area contributed by atoms with E-state index in [1.807, 2.05) is 79.0 Å². The fourth-order valence-corrected chi connectivity index (χ4v) is 7.16. The van der Waals surface area contributed by atoms with Gasteiger partial charge in [-0.25, -0.2) is 15.0 Å². The van der Waals surface area contributed by atoms with Crippen LogP contribution in [0.25, 0.3) is 78.5 Å². The molecular formula is C42H30N4O. The largest absolute Gasteiger partial charge is 0.456 e. The molecule has 3 heterocycles. The van der Waals surface area contributed by atoms with E-state index in [-0.39, 0.29) is 5.41 Å². The molecule has 5 aromatic carbocycles. The molecule has 0 radical (unpaired) electrons. The number of fused-ring (bicyclic) bond motifs is 6. The van der Waals surface area contributed by atoms with Gasteiger partial charge in [-0.05, 0) is 59.0 Å². The first-order valence-corrected chi connectivity index (χ1v) is 16.0. The van der Waals surface area contributed by atoms with Crippen LogP contribution in [0.4, 0.5) is 0 Å². The van der Waals surface area contributed by atoms with Gasteiger partial charge in [0.25, 0.3) is 0 Å². The van der Waals surface area contributed by atoms with Crippen LogP contribution in [0.1, 0.15) is 31.4 Å². The minimum atomic E-state index is -0.231. The van der Waals surface area contributed by atoms with Gasteiger partial charge in [0.15, 0.2) is 17.5 Å². The monoisotopic (exact) mass is 606 g/mol. The van der Waals surface area contributed by atoms with Gasteiger partial charge in [-0.2, -0.15) is 0 Å². The Morgan fingerprint density at radius 1 is 0.553 bits per heavy atom. The quantitative estimate of drug-likeness (QED) is 0.195. The topological polar surface area (TPSA) is 64.7 Å². The Labute approximate surface area is 272 Å². The summed E-state index contributed by atoms with van der Waals surface area (Å²) in [5.74, 6) is 1.91. The van der Waals surface area contributed by atoms with Gasteiger partial charge in [-0.3, -0.25) is 4.98 Å². The van der Waals surface area contributed by atoms with E-state index in [1.54, 1.807) is 0 Å². The van der Waals surface area contributed by atoms with Crippen molar-refractivity contribution >= 4 is 21.9 Å². The first-order chi connectivity index (χ1) is 23.1. The molecule has 1 aliphatic carbocycles. The summed E-state index contributed by atoms with van der Waals surface area (Å²) in [5, 5.41) is 2.30. The molecule has 8 aromatic rings.